The molecule has 0 aliphatic carbocycles. The molecule has 2 unspecified atom stereocenters. The first kappa shape index (κ1) is 119. The second kappa shape index (κ2) is 62.9. The summed E-state index contributed by atoms with van der Waals surface area (Å²) in [6.07, 6.45) is 2.89. The molecule has 59 heteroatoms. The summed E-state index contributed by atoms with van der Waals surface area (Å²) in [7, 11) is -3.29. The number of halogens is 6. The lowest BCUT2D eigenvalue weighted by atomic mass is 10.0. The summed E-state index contributed by atoms with van der Waals surface area (Å²) in [4.78, 5) is 44.4. The smallest absolute Gasteiger partial charge is 0.320 e. The zero-order chi connectivity index (χ0) is 108. The Kier molecular flexibility index (Phi) is 50.7. The number of sulfonamides is 1. The number of primary amides is 1. The summed E-state index contributed by atoms with van der Waals surface area (Å²) < 4.78 is 164. The number of aliphatic hydroxyl groups is 2. The number of carbonyl (C=O) groups is 3. The van der Waals surface area contributed by atoms with E-state index in [0.29, 0.717) is 98.4 Å². The number of benzene rings is 6. The normalized spacial score (nSPS) is 12.3. The quantitative estimate of drug-likeness (QED) is 0.00440. The van der Waals surface area contributed by atoms with Gasteiger partial charge in [-0.1, -0.05) is 82.8 Å². The lowest BCUT2D eigenvalue weighted by Crippen LogP contribution is -2.37. The summed E-state index contributed by atoms with van der Waals surface area (Å²) in [5, 5.41) is 144. The Labute approximate surface area is 836 Å². The summed E-state index contributed by atoms with van der Waals surface area (Å²) in [6, 6.07) is 24.6. The number of nitrogens with zero attached hydrogens (tertiary/aromatic N) is 18. The number of oxime groups is 3. The molecule has 1 amide bonds. The number of hydrogen-bond acceptors (Lipinski definition) is 45. The van der Waals surface area contributed by atoms with Crippen LogP contribution in [0.15, 0.2) is 167 Å². The molecule has 6 heterocycles. The lowest BCUT2D eigenvalue weighted by Gasteiger charge is -2.08. The number of carboxylic acid groups (broad SMARTS) is 2. The number of hydroxylamine groups is 3. The monoisotopic (exact) mass is 2100 g/mol. The first-order chi connectivity index (χ1) is 70.9. The molecule has 0 saturated heterocycles. The van der Waals surface area contributed by atoms with Crippen LogP contribution >= 0.6 is 0 Å². The standard InChI is InChI=1S/C16H20FN5O4.C16H19FN4O5.C16H18FN3O5.C14H18FN5O5S.C14H17FN4O4.C13H15FN4O4/c1-9-6-10(2-3-11(9)17)7-13(20-24)15-14(21-26-22-15)8-25-5-4-12(18)16(19)23;1-9-6-10(2-3-11(9)17)7-13(19-24)15-14(20-26-21-15)8-25-5-4-12(18)16(22)23;1-10-7-11(4-5-12(10)17)8-13(18-23)16-14(19-25-20-16)9-24-6-2-3-15(21)22;1-9-7-10(3-4-11(9)15)17-14(18-21)13-12(19-25-20-13)8-24-6-5-16-26(2,22)23;1-9-7-10(3-4-11(9)15)16-14(17-21)13-12(18-23-19-13)8-22-6-2-5-20;1-8-6-9(2-3-10(8)14)15-13(16-20)12-11(17-22-18-12)7-21-5-4-19/h2-3,6,12,24H,4-5,7-8,18H2,1H3,(H2,19,23);2-3,6,12,24H,4-5,7-8,18H2,1H3,(H,22,23);4-5,7,23H,2-3,6,8-9H2,1H3,(H,21,22);3-4,7,16,21H,5-6,8H2,1-2H3,(H,17,18);3-4,7,20-21H,2,5-6,8H2,1H3,(H,16,17);2-3,6,19-20H,4-5,7H2,1H3,(H,15,16)/b20-13+;19-13+;18-13+;;;. The Balaban J connectivity index is 0.000000241. The van der Waals surface area contributed by atoms with Gasteiger partial charge < -0.3 is 81.7 Å². The van der Waals surface area contributed by atoms with Crippen LogP contribution in [0.1, 0.15) is 151 Å². The van der Waals surface area contributed by atoms with Crippen molar-refractivity contribution in [3.8, 4) is 0 Å². The minimum absolute atomic E-state index is 0.00184. The van der Waals surface area contributed by atoms with Crippen LogP contribution in [0.2, 0.25) is 0 Å². The van der Waals surface area contributed by atoms with E-state index in [1.165, 1.54) is 72.8 Å². The van der Waals surface area contributed by atoms with Gasteiger partial charge in [0.1, 0.15) is 92.2 Å². The Hall–Kier alpha value is -15.6. The van der Waals surface area contributed by atoms with Gasteiger partial charge in [0.25, 0.3) is 0 Å². The molecule has 0 aliphatic heterocycles. The molecular formula is C89H107F6N25O27S. The third-order valence-electron chi connectivity index (χ3n) is 19.7. The van der Waals surface area contributed by atoms with Crippen molar-refractivity contribution in [1.29, 1.82) is 0 Å². The Bertz CT molecular complexity index is 6410. The highest BCUT2D eigenvalue weighted by Gasteiger charge is 2.26. The fourth-order valence-electron chi connectivity index (χ4n) is 12.0. The zero-order valence-corrected chi connectivity index (χ0v) is 81.0. The number of nitrogens with one attached hydrogen (secondary N) is 4. The molecule has 2 atom stereocenters. The second-order valence-corrected chi connectivity index (χ2v) is 32.9. The first-order valence-corrected chi connectivity index (χ1v) is 45.8. The van der Waals surface area contributed by atoms with Crippen LogP contribution in [0.4, 0.5) is 43.4 Å². The highest BCUT2D eigenvalue weighted by atomic mass is 32.2. The van der Waals surface area contributed by atoms with Gasteiger partial charge in [-0.15, -0.1) is 0 Å². The lowest BCUT2D eigenvalue weighted by molar-refractivity contribution is -0.139. The molecule has 148 heavy (non-hydrogen) atoms. The van der Waals surface area contributed by atoms with Gasteiger partial charge in [0, 0.05) is 65.3 Å². The van der Waals surface area contributed by atoms with Crippen LogP contribution in [0, 0.1) is 76.4 Å². The van der Waals surface area contributed by atoms with Crippen molar-refractivity contribution in [1.82, 2.24) is 83.0 Å². The largest absolute Gasteiger partial charge is 0.481 e. The molecule has 0 spiro atoms. The summed E-state index contributed by atoms with van der Waals surface area (Å²) in [5.74, 6) is -4.72. The fraction of sp³-hybridized carbons (Fsp3) is 0.360. The third kappa shape index (κ3) is 40.4. The van der Waals surface area contributed by atoms with E-state index in [2.05, 4.69) is 120 Å². The van der Waals surface area contributed by atoms with E-state index in [1.807, 2.05) is 16.4 Å². The van der Waals surface area contributed by atoms with Gasteiger partial charge in [-0.2, -0.15) is 0 Å². The number of aliphatic hydroxyl groups excluding tert-OH is 2. The summed E-state index contributed by atoms with van der Waals surface area (Å²) in [5.41, 5.74) is 31.3. The minimum Gasteiger partial charge on any atom is -0.481 e. The molecule has 6 aromatic carbocycles. The van der Waals surface area contributed by atoms with E-state index in [-0.39, 0.29) is 240 Å². The highest BCUT2D eigenvalue weighted by molar-refractivity contribution is 7.88. The van der Waals surface area contributed by atoms with Gasteiger partial charge in [0.2, 0.25) is 15.9 Å². The van der Waals surface area contributed by atoms with Crippen LogP contribution in [-0.4, -0.2) is 252 Å². The number of carboxylic acids is 2. The number of carbonyl (C=O) groups excluding carboxylic acids is 1. The number of ether oxygens (including phenoxy) is 6. The maximum atomic E-state index is 13.4. The maximum Gasteiger partial charge on any atom is 0.320 e. The van der Waals surface area contributed by atoms with Gasteiger partial charge in [0.05, 0.1) is 88.8 Å². The predicted molar refractivity (Wildman–Crippen MR) is 501 cm³/mol. The number of rotatable bonds is 48. The van der Waals surface area contributed by atoms with Crippen molar-refractivity contribution in [3.63, 3.8) is 0 Å². The molecule has 0 aliphatic rings. The van der Waals surface area contributed by atoms with Crippen LogP contribution < -0.4 is 38.4 Å². The zero-order valence-electron chi connectivity index (χ0n) is 80.2. The summed E-state index contributed by atoms with van der Waals surface area (Å²) in [6.45, 7) is 10.9. The van der Waals surface area contributed by atoms with Crippen LogP contribution in [-0.2, 0) is 112 Å². The molecule has 798 valence electrons. The topological polar surface area (TPSA) is 777 Å². The van der Waals surface area contributed by atoms with Crippen molar-refractivity contribution in [2.75, 3.05) is 65.7 Å². The van der Waals surface area contributed by atoms with E-state index in [0.717, 1.165) is 22.9 Å². The number of aliphatic imine (C=N–C) groups is 3. The number of amidine groups is 3. The average Bonchev–Trinajstić information content (AvgIpc) is 1.70. The molecular weight excluding hydrogens is 2000 g/mol. The van der Waals surface area contributed by atoms with Gasteiger partial charge in [0.15, 0.2) is 51.7 Å². The fourth-order valence-corrected chi connectivity index (χ4v) is 12.4. The molecule has 52 nitrogen and oxygen atoms in total. The maximum absolute atomic E-state index is 13.4. The molecule has 0 radical (unpaired) electrons. The SMILES string of the molecule is Cc1cc(C/C(=N\O)c2nonc2COCCC(N)C(=O)O)ccc1F.Cc1cc(C/C(=N\O)c2nonc2COCCC(N)C(N)=O)ccc1F.Cc1cc(C/C(=N\O)c2nonc2COCCCC(=O)O)ccc1F.Cc1cc(N=C(NO)c2nonc2COCCCO)ccc1F.Cc1cc(N=C(NO)c2nonc2COCCNS(C)(=O)=O)ccc1F.Cc1cc(N=C(NO)c2nonc2COCCO)ccc1F. The van der Waals surface area contributed by atoms with Crippen LogP contribution in [0.3, 0.4) is 0 Å². The molecule has 12 aromatic rings. The minimum atomic E-state index is -3.29. The van der Waals surface area contributed by atoms with E-state index in [1.54, 1.807) is 77.9 Å². The van der Waals surface area contributed by atoms with Crippen LogP contribution in [0.5, 0.6) is 0 Å². The molecule has 0 saturated carbocycles. The van der Waals surface area contributed by atoms with E-state index >= 15 is 0 Å². The predicted octanol–water partition coefficient (Wildman–Crippen LogP) is 7.43. The number of aromatic nitrogens is 12. The van der Waals surface area contributed by atoms with Crippen molar-refractivity contribution >= 4 is 79.6 Å². The number of aryl methyl sites for hydroxylation is 6. The van der Waals surface area contributed by atoms with Gasteiger partial charge >= 0.3 is 11.9 Å². The molecule has 0 bridgehead atoms. The van der Waals surface area contributed by atoms with Gasteiger partial charge in [-0.05, 0) is 221 Å². The van der Waals surface area contributed by atoms with E-state index < -0.39 is 40.0 Å². The van der Waals surface area contributed by atoms with Crippen molar-refractivity contribution in [2.24, 2.45) is 47.6 Å². The molecule has 0 fully saturated rings. The van der Waals surface area contributed by atoms with Crippen molar-refractivity contribution in [3.05, 3.63) is 262 Å². The van der Waals surface area contributed by atoms with Gasteiger partial charge in [-0.3, -0.25) is 46.4 Å². The van der Waals surface area contributed by atoms with Gasteiger partial charge in [-0.25, -0.2) is 82.2 Å². The number of hydrogen-bond donors (Lipinski definition) is 17. The Morgan fingerprint density at radius 3 is 0.932 bits per heavy atom. The first-order valence-electron chi connectivity index (χ1n) is 43.9. The summed E-state index contributed by atoms with van der Waals surface area (Å²) >= 11 is 0. The van der Waals surface area contributed by atoms with Crippen LogP contribution in [0.25, 0.3) is 0 Å². The molecule has 12 rings (SSSR count). The number of amides is 1. The highest BCUT2D eigenvalue weighted by Crippen LogP contribution is 2.25. The van der Waals surface area contributed by atoms with E-state index in [9.17, 15) is 80.4 Å². The van der Waals surface area contributed by atoms with Crippen molar-refractivity contribution < 1.29 is 157 Å². The van der Waals surface area contributed by atoms with Crippen molar-refractivity contribution in [2.45, 2.75) is 145 Å². The Morgan fingerprint density at radius 1 is 0.385 bits per heavy atom. The number of nitrogens with two attached hydrogens (primary N) is 3. The second-order valence-electron chi connectivity index (χ2n) is 31.1. The molecule has 20 N–H and O–H groups in total. The number of aliphatic carboxylic acids is 2. The van der Waals surface area contributed by atoms with E-state index in [4.69, 9.17) is 70.7 Å². The average molecular weight is 2110 g/mol. The third-order valence-corrected chi connectivity index (χ3v) is 20.4. The Morgan fingerprint density at radius 2 is 0.662 bits per heavy atom. The molecule has 6 aromatic heterocycles.